The lowest BCUT2D eigenvalue weighted by Gasteiger charge is -2.37. The van der Waals surface area contributed by atoms with Crippen molar-refractivity contribution < 1.29 is 0 Å². The maximum atomic E-state index is 6.15. The number of guanidine groups is 1. The number of hydrogen-bond acceptors (Lipinski definition) is 3. The van der Waals surface area contributed by atoms with Gasteiger partial charge in [0.2, 0.25) is 0 Å². The highest BCUT2D eigenvalue weighted by molar-refractivity contribution is 14.0. The number of imidazole rings is 1. The second-order valence-corrected chi connectivity index (χ2v) is 7.75. The maximum absolute atomic E-state index is 6.15. The third kappa shape index (κ3) is 6.13. The molecule has 2 heterocycles. The zero-order valence-corrected chi connectivity index (χ0v) is 20.7. The predicted molar refractivity (Wildman–Crippen MR) is 139 cm³/mol. The van der Waals surface area contributed by atoms with Crippen molar-refractivity contribution in [1.82, 2.24) is 19.8 Å². The summed E-state index contributed by atoms with van der Waals surface area (Å²) < 4.78 is 2.17. The highest BCUT2D eigenvalue weighted by atomic mass is 127. The van der Waals surface area contributed by atoms with Crippen LogP contribution >= 0.6 is 35.6 Å². The summed E-state index contributed by atoms with van der Waals surface area (Å²) in [7, 11) is 1.84. The normalized spacial score (nSPS) is 14.3. The van der Waals surface area contributed by atoms with E-state index in [4.69, 9.17) is 11.6 Å². The van der Waals surface area contributed by atoms with Gasteiger partial charge in [-0.2, -0.15) is 0 Å². The molecule has 1 N–H and O–H groups in total. The van der Waals surface area contributed by atoms with E-state index in [1.165, 1.54) is 11.3 Å². The molecule has 0 amide bonds. The van der Waals surface area contributed by atoms with Gasteiger partial charge in [0.25, 0.3) is 0 Å². The van der Waals surface area contributed by atoms with Gasteiger partial charge in [0, 0.05) is 62.9 Å². The molecular weight excluding hydrogens is 523 g/mol. The Morgan fingerprint density at radius 3 is 2.55 bits per heavy atom. The van der Waals surface area contributed by atoms with Gasteiger partial charge in [0.05, 0.1) is 6.54 Å². The van der Waals surface area contributed by atoms with Crippen molar-refractivity contribution in [3.63, 3.8) is 0 Å². The minimum absolute atomic E-state index is 0. The van der Waals surface area contributed by atoms with Crippen LogP contribution in [-0.4, -0.2) is 53.6 Å². The van der Waals surface area contributed by atoms with Crippen molar-refractivity contribution in [2.45, 2.75) is 13.1 Å². The van der Waals surface area contributed by atoms with Gasteiger partial charge in [-0.1, -0.05) is 48.0 Å². The summed E-state index contributed by atoms with van der Waals surface area (Å²) in [6.07, 6.45) is 3.88. The van der Waals surface area contributed by atoms with Crippen LogP contribution in [0.25, 0.3) is 0 Å². The van der Waals surface area contributed by atoms with Gasteiger partial charge in [0.15, 0.2) is 5.96 Å². The molecule has 0 saturated carbocycles. The summed E-state index contributed by atoms with van der Waals surface area (Å²) in [6.45, 7) is 5.14. The lowest BCUT2D eigenvalue weighted by Crippen LogP contribution is -2.52. The van der Waals surface area contributed by atoms with Crippen LogP contribution in [0.1, 0.15) is 11.4 Å². The topological polar surface area (TPSA) is 48.7 Å². The molecule has 3 aromatic rings. The summed E-state index contributed by atoms with van der Waals surface area (Å²) in [5, 5.41) is 4.26. The number of nitrogens with zero attached hydrogens (tertiary/aromatic N) is 5. The molecule has 1 saturated heterocycles. The Morgan fingerprint density at radius 1 is 1.06 bits per heavy atom. The summed E-state index contributed by atoms with van der Waals surface area (Å²) in [5.41, 5.74) is 2.44. The first-order valence-corrected chi connectivity index (χ1v) is 10.6. The van der Waals surface area contributed by atoms with Crippen molar-refractivity contribution >= 4 is 47.2 Å². The minimum Gasteiger partial charge on any atom is -0.368 e. The molecule has 0 atom stereocenters. The molecule has 164 valence electrons. The van der Waals surface area contributed by atoms with E-state index in [1.54, 1.807) is 0 Å². The summed E-state index contributed by atoms with van der Waals surface area (Å²) in [4.78, 5) is 13.7. The zero-order valence-electron chi connectivity index (χ0n) is 17.6. The Bertz CT molecular complexity index is 982. The number of anilines is 1. The monoisotopic (exact) mass is 550 g/mol. The average molecular weight is 551 g/mol. The summed E-state index contributed by atoms with van der Waals surface area (Å²) >= 11 is 6.15. The highest BCUT2D eigenvalue weighted by Crippen LogP contribution is 2.20. The van der Waals surface area contributed by atoms with Gasteiger partial charge in [-0.25, -0.2) is 4.98 Å². The molecule has 8 heteroatoms. The molecule has 1 aliphatic heterocycles. The Kier molecular flexibility index (Phi) is 8.60. The van der Waals surface area contributed by atoms with Crippen LogP contribution in [0, 0.1) is 0 Å². The number of nitrogens with one attached hydrogen (secondary N) is 1. The SMILES string of the molecule is CN=C(NCc1nccn1Cc1ccccc1)N1CCN(c2cccc(Cl)c2)CC1.I. The predicted octanol–water partition coefficient (Wildman–Crippen LogP) is 4.10. The number of benzene rings is 2. The van der Waals surface area contributed by atoms with Crippen molar-refractivity contribution in [3.8, 4) is 0 Å². The van der Waals surface area contributed by atoms with Crippen LogP contribution in [0.3, 0.4) is 0 Å². The number of halogens is 2. The molecule has 2 aromatic carbocycles. The highest BCUT2D eigenvalue weighted by Gasteiger charge is 2.20. The molecule has 1 aliphatic rings. The molecule has 0 spiro atoms. The van der Waals surface area contributed by atoms with Gasteiger partial charge in [-0.15, -0.1) is 24.0 Å². The molecule has 1 fully saturated rings. The van der Waals surface area contributed by atoms with E-state index in [0.29, 0.717) is 6.54 Å². The lowest BCUT2D eigenvalue weighted by atomic mass is 10.2. The van der Waals surface area contributed by atoms with Crippen molar-refractivity contribution in [2.24, 2.45) is 4.99 Å². The molecular formula is C23H28ClIN6. The molecule has 31 heavy (non-hydrogen) atoms. The van der Waals surface area contributed by atoms with E-state index in [-0.39, 0.29) is 24.0 Å². The summed E-state index contributed by atoms with van der Waals surface area (Å²) in [6, 6.07) is 18.5. The van der Waals surface area contributed by atoms with Crippen LogP contribution in [0.2, 0.25) is 5.02 Å². The summed E-state index contributed by atoms with van der Waals surface area (Å²) in [5.74, 6) is 1.91. The fourth-order valence-corrected chi connectivity index (χ4v) is 3.96. The molecule has 1 aromatic heterocycles. The minimum atomic E-state index is 0. The Labute approximate surface area is 206 Å². The first kappa shape index (κ1) is 23.4. The van der Waals surface area contributed by atoms with Crippen molar-refractivity contribution in [1.29, 1.82) is 0 Å². The second-order valence-electron chi connectivity index (χ2n) is 7.31. The van der Waals surface area contributed by atoms with E-state index in [2.05, 4.69) is 60.0 Å². The number of hydrogen-bond donors (Lipinski definition) is 1. The quantitative estimate of drug-likeness (QED) is 0.295. The second kappa shape index (κ2) is 11.4. The average Bonchev–Trinajstić information content (AvgIpc) is 3.22. The standard InChI is InChI=1S/C23H27ClN6.HI/c1-25-23(29-14-12-28(13-15-29)21-9-5-8-20(24)16-21)27-17-22-26-10-11-30(22)18-19-6-3-2-4-7-19;/h2-11,16H,12-15,17-18H2,1H3,(H,25,27);1H. The van der Waals surface area contributed by atoms with Crippen LogP contribution in [-0.2, 0) is 13.1 Å². The fourth-order valence-electron chi connectivity index (χ4n) is 3.77. The first-order chi connectivity index (χ1) is 14.7. The lowest BCUT2D eigenvalue weighted by molar-refractivity contribution is 0.371. The number of rotatable bonds is 5. The molecule has 0 aliphatic carbocycles. The van der Waals surface area contributed by atoms with E-state index in [0.717, 1.165) is 49.5 Å². The van der Waals surface area contributed by atoms with Gasteiger partial charge in [0.1, 0.15) is 5.82 Å². The van der Waals surface area contributed by atoms with Crippen molar-refractivity contribution in [2.75, 3.05) is 38.1 Å². The zero-order chi connectivity index (χ0) is 20.8. The van der Waals surface area contributed by atoms with Crippen molar-refractivity contribution in [3.05, 3.63) is 83.4 Å². The van der Waals surface area contributed by atoms with E-state index in [1.807, 2.05) is 43.7 Å². The van der Waals surface area contributed by atoms with Crippen LogP contribution < -0.4 is 10.2 Å². The molecule has 0 bridgehead atoms. The Balaban J connectivity index is 0.00000272. The van der Waals surface area contributed by atoms with Crippen LogP contribution in [0.5, 0.6) is 0 Å². The van der Waals surface area contributed by atoms with E-state index < -0.39 is 0 Å². The van der Waals surface area contributed by atoms with Gasteiger partial charge in [-0.05, 0) is 23.8 Å². The third-order valence-electron chi connectivity index (χ3n) is 5.37. The molecule has 0 radical (unpaired) electrons. The number of aromatic nitrogens is 2. The maximum Gasteiger partial charge on any atom is 0.194 e. The molecule has 0 unspecified atom stereocenters. The smallest absolute Gasteiger partial charge is 0.194 e. The van der Waals surface area contributed by atoms with Crippen LogP contribution in [0.4, 0.5) is 5.69 Å². The largest absolute Gasteiger partial charge is 0.368 e. The number of aliphatic imine (C=N–C) groups is 1. The molecule has 4 rings (SSSR count). The van der Waals surface area contributed by atoms with Gasteiger partial charge >= 0.3 is 0 Å². The first-order valence-electron chi connectivity index (χ1n) is 10.2. The fraction of sp³-hybridized carbons (Fsp3) is 0.304. The third-order valence-corrected chi connectivity index (χ3v) is 5.60. The van der Waals surface area contributed by atoms with E-state index in [9.17, 15) is 0 Å². The Hall–Kier alpha value is -2.26. The van der Waals surface area contributed by atoms with Gasteiger partial charge in [-0.3, -0.25) is 4.99 Å². The van der Waals surface area contributed by atoms with Gasteiger partial charge < -0.3 is 19.7 Å². The van der Waals surface area contributed by atoms with E-state index >= 15 is 0 Å². The number of piperazine rings is 1. The van der Waals surface area contributed by atoms with Crippen LogP contribution in [0.15, 0.2) is 72.0 Å². The Morgan fingerprint density at radius 2 is 1.84 bits per heavy atom. The molecule has 6 nitrogen and oxygen atoms in total.